The molecule has 1 aliphatic rings. The first-order chi connectivity index (χ1) is 17.5. The number of aromatic nitrogens is 1. The number of carbonyl (C=O) groups is 1. The standard InChI is InChI=1S/C29H30ClN3O3/c1-35-25-14-21(15-26(18-25)36-2)19-33-20-22(27-8-3-4-9-28(27)33)16-29(34)32-12-10-31(11-13-32)24-7-5-6-23(30)17-24/h3-9,14-15,17-18,20H,10-13,16,19H2,1-2H3. The Balaban J connectivity index is 1.31. The first-order valence-electron chi connectivity index (χ1n) is 12.1. The van der Waals surface area contributed by atoms with E-state index < -0.39 is 0 Å². The average molecular weight is 504 g/mol. The molecular weight excluding hydrogens is 474 g/mol. The number of carbonyl (C=O) groups excluding carboxylic acids is 1. The number of hydrogen-bond acceptors (Lipinski definition) is 4. The van der Waals surface area contributed by atoms with Crippen LogP contribution >= 0.6 is 11.6 Å². The highest BCUT2D eigenvalue weighted by Crippen LogP contribution is 2.27. The zero-order valence-electron chi connectivity index (χ0n) is 20.6. The predicted molar refractivity (Wildman–Crippen MR) is 145 cm³/mol. The lowest BCUT2D eigenvalue weighted by atomic mass is 10.1. The molecule has 1 fully saturated rings. The van der Waals surface area contributed by atoms with Crippen molar-refractivity contribution in [2.75, 3.05) is 45.3 Å². The SMILES string of the molecule is COc1cc(Cn2cc(CC(=O)N3CCN(c4cccc(Cl)c4)CC3)c3ccccc32)cc(OC)c1. The lowest BCUT2D eigenvalue weighted by Crippen LogP contribution is -2.49. The van der Waals surface area contributed by atoms with Crippen molar-refractivity contribution in [3.63, 3.8) is 0 Å². The third kappa shape index (κ3) is 5.14. The Morgan fingerprint density at radius 3 is 2.31 bits per heavy atom. The second kappa shape index (κ2) is 10.5. The van der Waals surface area contributed by atoms with E-state index in [1.807, 2.05) is 53.4 Å². The molecule has 0 N–H and O–H groups in total. The molecule has 0 spiro atoms. The minimum atomic E-state index is 0.159. The molecule has 1 amide bonds. The minimum Gasteiger partial charge on any atom is -0.497 e. The van der Waals surface area contributed by atoms with Crippen LogP contribution < -0.4 is 14.4 Å². The fourth-order valence-electron chi connectivity index (χ4n) is 4.91. The summed E-state index contributed by atoms with van der Waals surface area (Å²) in [6.07, 6.45) is 2.49. The van der Waals surface area contributed by atoms with Gasteiger partial charge >= 0.3 is 0 Å². The number of piperazine rings is 1. The maximum Gasteiger partial charge on any atom is 0.227 e. The van der Waals surface area contributed by atoms with Gasteiger partial charge in [-0.1, -0.05) is 35.9 Å². The summed E-state index contributed by atoms with van der Waals surface area (Å²) >= 11 is 6.16. The number of ether oxygens (including phenoxy) is 2. The normalized spacial score (nSPS) is 13.8. The summed E-state index contributed by atoms with van der Waals surface area (Å²) in [5, 5.41) is 1.84. The molecule has 186 valence electrons. The van der Waals surface area contributed by atoms with Crippen LogP contribution in [0, 0.1) is 0 Å². The van der Waals surface area contributed by atoms with Gasteiger partial charge in [0.25, 0.3) is 0 Å². The van der Waals surface area contributed by atoms with Crippen molar-refractivity contribution in [2.24, 2.45) is 0 Å². The average Bonchev–Trinajstić information content (AvgIpc) is 3.25. The molecule has 0 radical (unpaired) electrons. The third-order valence-corrected chi connectivity index (χ3v) is 7.02. The molecule has 5 rings (SSSR count). The van der Waals surface area contributed by atoms with E-state index in [1.54, 1.807) is 14.2 Å². The Hall–Kier alpha value is -3.64. The van der Waals surface area contributed by atoms with Crippen LogP contribution in [0.2, 0.25) is 5.02 Å². The second-order valence-corrected chi connectivity index (χ2v) is 9.48. The van der Waals surface area contributed by atoms with Crippen LogP contribution in [0.15, 0.2) is 72.9 Å². The molecule has 0 aliphatic carbocycles. The van der Waals surface area contributed by atoms with E-state index >= 15 is 0 Å². The smallest absolute Gasteiger partial charge is 0.227 e. The molecule has 7 heteroatoms. The number of fused-ring (bicyclic) bond motifs is 1. The number of amides is 1. The Labute approximate surface area is 216 Å². The van der Waals surface area contributed by atoms with Gasteiger partial charge in [-0.05, 0) is 47.5 Å². The van der Waals surface area contributed by atoms with E-state index in [9.17, 15) is 4.79 Å². The lowest BCUT2D eigenvalue weighted by molar-refractivity contribution is -0.130. The quantitative estimate of drug-likeness (QED) is 0.345. The zero-order valence-corrected chi connectivity index (χ0v) is 21.4. The highest BCUT2D eigenvalue weighted by atomic mass is 35.5. The molecule has 6 nitrogen and oxygen atoms in total. The first kappa shape index (κ1) is 24.1. The van der Waals surface area contributed by atoms with E-state index in [4.69, 9.17) is 21.1 Å². The predicted octanol–water partition coefficient (Wildman–Crippen LogP) is 5.25. The molecule has 2 heterocycles. The molecule has 36 heavy (non-hydrogen) atoms. The van der Waals surface area contributed by atoms with Crippen LogP contribution in [0.1, 0.15) is 11.1 Å². The maximum absolute atomic E-state index is 13.3. The highest BCUT2D eigenvalue weighted by molar-refractivity contribution is 6.30. The van der Waals surface area contributed by atoms with Gasteiger partial charge in [-0.15, -0.1) is 0 Å². The van der Waals surface area contributed by atoms with Gasteiger partial charge in [0.1, 0.15) is 11.5 Å². The largest absolute Gasteiger partial charge is 0.497 e. The van der Waals surface area contributed by atoms with Crippen molar-refractivity contribution in [2.45, 2.75) is 13.0 Å². The molecule has 0 unspecified atom stereocenters. The van der Waals surface area contributed by atoms with Gasteiger partial charge < -0.3 is 23.8 Å². The van der Waals surface area contributed by atoms with E-state index in [2.05, 4.69) is 33.9 Å². The molecular formula is C29H30ClN3O3. The molecule has 1 saturated heterocycles. The van der Waals surface area contributed by atoms with Crippen molar-refractivity contribution >= 4 is 34.1 Å². The molecule has 0 saturated carbocycles. The number of benzene rings is 3. The Morgan fingerprint density at radius 1 is 0.889 bits per heavy atom. The fourth-order valence-corrected chi connectivity index (χ4v) is 5.09. The summed E-state index contributed by atoms with van der Waals surface area (Å²) in [6.45, 7) is 3.65. The summed E-state index contributed by atoms with van der Waals surface area (Å²) < 4.78 is 13.1. The third-order valence-electron chi connectivity index (χ3n) is 6.78. The molecule has 3 aromatic carbocycles. The van der Waals surface area contributed by atoms with Crippen LogP contribution in [0.5, 0.6) is 11.5 Å². The van der Waals surface area contributed by atoms with E-state index in [0.717, 1.165) is 57.3 Å². The number of rotatable bonds is 7. The van der Waals surface area contributed by atoms with Gasteiger partial charge in [0.2, 0.25) is 5.91 Å². The van der Waals surface area contributed by atoms with Crippen molar-refractivity contribution < 1.29 is 14.3 Å². The first-order valence-corrected chi connectivity index (χ1v) is 12.5. The number of methoxy groups -OCH3 is 2. The summed E-state index contributed by atoms with van der Waals surface area (Å²) in [5.41, 5.74) is 4.32. The molecule has 4 aromatic rings. The monoisotopic (exact) mass is 503 g/mol. The Bertz CT molecular complexity index is 1350. The topological polar surface area (TPSA) is 46.9 Å². The van der Waals surface area contributed by atoms with Crippen LogP contribution in [-0.4, -0.2) is 55.8 Å². The van der Waals surface area contributed by atoms with Crippen LogP contribution in [-0.2, 0) is 17.8 Å². The molecule has 0 bridgehead atoms. The van der Waals surface area contributed by atoms with Gasteiger partial charge in [-0.25, -0.2) is 0 Å². The molecule has 0 atom stereocenters. The van der Waals surface area contributed by atoms with Crippen molar-refractivity contribution in [3.8, 4) is 11.5 Å². The van der Waals surface area contributed by atoms with Crippen molar-refractivity contribution in [1.82, 2.24) is 9.47 Å². The number of anilines is 1. The molecule has 1 aromatic heterocycles. The number of para-hydroxylation sites is 1. The summed E-state index contributed by atoms with van der Waals surface area (Å²) in [5.74, 6) is 1.67. The van der Waals surface area contributed by atoms with E-state index in [1.165, 1.54) is 0 Å². The van der Waals surface area contributed by atoms with Gasteiger partial charge in [0, 0.05) is 66.6 Å². The summed E-state index contributed by atoms with van der Waals surface area (Å²) in [6, 6.07) is 22.0. The number of hydrogen-bond donors (Lipinski definition) is 0. The summed E-state index contributed by atoms with van der Waals surface area (Å²) in [4.78, 5) is 17.5. The zero-order chi connectivity index (χ0) is 25.1. The van der Waals surface area contributed by atoms with Crippen molar-refractivity contribution in [3.05, 3.63) is 89.1 Å². The van der Waals surface area contributed by atoms with Gasteiger partial charge in [-0.3, -0.25) is 4.79 Å². The highest BCUT2D eigenvalue weighted by Gasteiger charge is 2.23. The summed E-state index contributed by atoms with van der Waals surface area (Å²) in [7, 11) is 3.31. The van der Waals surface area contributed by atoms with Gasteiger partial charge in [0.05, 0.1) is 20.6 Å². The van der Waals surface area contributed by atoms with Crippen LogP contribution in [0.4, 0.5) is 5.69 Å². The van der Waals surface area contributed by atoms with E-state index in [-0.39, 0.29) is 5.91 Å². The lowest BCUT2D eigenvalue weighted by Gasteiger charge is -2.36. The number of nitrogens with zero attached hydrogens (tertiary/aromatic N) is 3. The number of halogens is 1. The van der Waals surface area contributed by atoms with Gasteiger partial charge in [0.15, 0.2) is 0 Å². The maximum atomic E-state index is 13.3. The van der Waals surface area contributed by atoms with Crippen LogP contribution in [0.3, 0.4) is 0 Å². The minimum absolute atomic E-state index is 0.159. The molecule has 1 aliphatic heterocycles. The fraction of sp³-hybridized carbons (Fsp3) is 0.276. The van der Waals surface area contributed by atoms with E-state index in [0.29, 0.717) is 26.1 Å². The van der Waals surface area contributed by atoms with Crippen LogP contribution in [0.25, 0.3) is 10.9 Å². The van der Waals surface area contributed by atoms with Crippen molar-refractivity contribution in [1.29, 1.82) is 0 Å². The second-order valence-electron chi connectivity index (χ2n) is 9.04. The Morgan fingerprint density at radius 2 is 1.61 bits per heavy atom. The van der Waals surface area contributed by atoms with Gasteiger partial charge in [-0.2, -0.15) is 0 Å². The Kier molecular flexibility index (Phi) is 7.05.